The molecule has 32 heavy (non-hydrogen) atoms. The van der Waals surface area contributed by atoms with E-state index in [0.29, 0.717) is 30.4 Å². The molecule has 0 bridgehead atoms. The smallest absolute Gasteiger partial charge is 0.249 e. The fraction of sp³-hybridized carbons (Fsp3) is 0.250. The molecule has 0 fully saturated rings. The van der Waals surface area contributed by atoms with Crippen LogP contribution in [-0.4, -0.2) is 19.1 Å². The van der Waals surface area contributed by atoms with Crippen molar-refractivity contribution in [2.24, 2.45) is 0 Å². The molecule has 164 valence electrons. The van der Waals surface area contributed by atoms with Gasteiger partial charge < -0.3 is 14.8 Å². The zero-order valence-corrected chi connectivity index (χ0v) is 19.1. The highest BCUT2D eigenvalue weighted by molar-refractivity contribution is 6.06. The Hall–Kier alpha value is -3.53. The molecule has 1 aliphatic heterocycles. The second-order valence-corrected chi connectivity index (χ2v) is 9.10. The summed E-state index contributed by atoms with van der Waals surface area (Å²) in [6.45, 7) is 9.68. The zero-order valence-electron chi connectivity index (χ0n) is 19.1. The number of ether oxygens (including phenoxy) is 2. The van der Waals surface area contributed by atoms with Gasteiger partial charge in [-0.25, -0.2) is 0 Å². The first-order valence-corrected chi connectivity index (χ1v) is 10.9. The van der Waals surface area contributed by atoms with E-state index >= 15 is 0 Å². The highest BCUT2D eigenvalue weighted by atomic mass is 16.6. The number of rotatable bonds is 4. The Morgan fingerprint density at radius 2 is 1.44 bits per heavy atom. The van der Waals surface area contributed by atoms with Crippen molar-refractivity contribution >= 4 is 17.2 Å². The summed E-state index contributed by atoms with van der Waals surface area (Å²) in [5, 5.41) is 2.96. The maximum Gasteiger partial charge on any atom is 0.249 e. The Kier molecular flexibility index (Phi) is 6.04. The van der Waals surface area contributed by atoms with Crippen LogP contribution in [0.4, 0.5) is 5.69 Å². The highest BCUT2D eigenvalue weighted by Crippen LogP contribution is 2.33. The van der Waals surface area contributed by atoms with Gasteiger partial charge in [-0.15, -0.1) is 0 Å². The summed E-state index contributed by atoms with van der Waals surface area (Å²) in [6, 6.07) is 22.1. The number of hydrogen-bond donors (Lipinski definition) is 1. The van der Waals surface area contributed by atoms with Crippen molar-refractivity contribution in [2.75, 3.05) is 18.5 Å². The van der Waals surface area contributed by atoms with Gasteiger partial charge >= 0.3 is 0 Å². The van der Waals surface area contributed by atoms with Gasteiger partial charge in [0.15, 0.2) is 11.5 Å². The van der Waals surface area contributed by atoms with Gasteiger partial charge in [0.05, 0.1) is 0 Å². The molecular formula is C28H29NO3. The number of carbonyl (C=O) groups excluding carboxylic acids is 1. The Morgan fingerprint density at radius 1 is 0.844 bits per heavy atom. The Morgan fingerprint density at radius 3 is 2.06 bits per heavy atom. The van der Waals surface area contributed by atoms with E-state index in [0.717, 1.165) is 16.7 Å². The molecule has 0 radical (unpaired) electrons. The lowest BCUT2D eigenvalue weighted by molar-refractivity contribution is -0.111. The van der Waals surface area contributed by atoms with E-state index in [-0.39, 0.29) is 11.3 Å². The second kappa shape index (κ2) is 8.91. The molecule has 1 aliphatic rings. The predicted molar refractivity (Wildman–Crippen MR) is 129 cm³/mol. The van der Waals surface area contributed by atoms with Crippen LogP contribution in [0.1, 0.15) is 43.0 Å². The molecule has 0 saturated heterocycles. The maximum atomic E-state index is 13.0. The molecule has 0 unspecified atom stereocenters. The number of fused-ring (bicyclic) bond motifs is 1. The number of carbonyl (C=O) groups is 1. The largest absolute Gasteiger partial charge is 0.486 e. The molecule has 0 spiro atoms. The van der Waals surface area contributed by atoms with Gasteiger partial charge in [-0.1, -0.05) is 74.9 Å². The summed E-state index contributed by atoms with van der Waals surface area (Å²) < 4.78 is 11.2. The molecule has 1 N–H and O–H groups in total. The summed E-state index contributed by atoms with van der Waals surface area (Å²) in [5.74, 6) is 1.15. The fourth-order valence-electron chi connectivity index (χ4n) is 3.65. The van der Waals surface area contributed by atoms with Crippen molar-refractivity contribution in [3.63, 3.8) is 0 Å². The number of aryl methyl sites for hydroxylation is 1. The zero-order chi connectivity index (χ0) is 22.7. The molecule has 1 heterocycles. The quantitative estimate of drug-likeness (QED) is 0.509. The van der Waals surface area contributed by atoms with Crippen LogP contribution >= 0.6 is 0 Å². The standard InChI is InChI=1S/C28H29NO3/c1-19-5-7-20(8-6-19)24(21-9-11-22(12-10-21)28(2,3)4)18-27(30)29-23-13-14-25-26(17-23)32-16-15-31-25/h5-14,17-18H,15-16H2,1-4H3,(H,29,30)/b24-18-. The molecule has 0 atom stereocenters. The molecular weight excluding hydrogens is 398 g/mol. The molecule has 0 aliphatic carbocycles. The van der Waals surface area contributed by atoms with E-state index in [2.05, 4.69) is 81.5 Å². The highest BCUT2D eigenvalue weighted by Gasteiger charge is 2.16. The molecule has 4 nitrogen and oxygen atoms in total. The SMILES string of the molecule is Cc1ccc(/C(=C/C(=O)Nc2ccc3c(c2)OCCO3)c2ccc(C(C)(C)C)cc2)cc1. The van der Waals surface area contributed by atoms with Gasteiger partial charge in [0.2, 0.25) is 5.91 Å². The van der Waals surface area contributed by atoms with Crippen LogP contribution < -0.4 is 14.8 Å². The number of benzene rings is 3. The normalized spacial score (nSPS) is 13.6. The first kappa shape index (κ1) is 21.7. The third-order valence-corrected chi connectivity index (χ3v) is 5.51. The summed E-state index contributed by atoms with van der Waals surface area (Å²) in [4.78, 5) is 13.0. The monoisotopic (exact) mass is 427 g/mol. The Balaban J connectivity index is 1.64. The van der Waals surface area contributed by atoms with Crippen LogP contribution in [0, 0.1) is 6.92 Å². The van der Waals surface area contributed by atoms with Gasteiger partial charge in [0.1, 0.15) is 13.2 Å². The Labute approximate surface area is 189 Å². The summed E-state index contributed by atoms with van der Waals surface area (Å²) >= 11 is 0. The fourth-order valence-corrected chi connectivity index (χ4v) is 3.65. The van der Waals surface area contributed by atoms with Crippen LogP contribution in [-0.2, 0) is 10.2 Å². The minimum absolute atomic E-state index is 0.0713. The third-order valence-electron chi connectivity index (χ3n) is 5.51. The minimum Gasteiger partial charge on any atom is -0.486 e. The van der Waals surface area contributed by atoms with Gasteiger partial charge in [0.25, 0.3) is 0 Å². The van der Waals surface area contributed by atoms with Crippen molar-refractivity contribution in [1.82, 2.24) is 0 Å². The lowest BCUT2D eigenvalue weighted by atomic mass is 9.85. The van der Waals surface area contributed by atoms with Crippen LogP contribution in [0.3, 0.4) is 0 Å². The van der Waals surface area contributed by atoms with E-state index in [1.54, 1.807) is 12.1 Å². The van der Waals surface area contributed by atoms with Crippen molar-refractivity contribution < 1.29 is 14.3 Å². The number of amides is 1. The van der Waals surface area contributed by atoms with Crippen LogP contribution in [0.25, 0.3) is 5.57 Å². The van der Waals surface area contributed by atoms with Crippen molar-refractivity contribution in [2.45, 2.75) is 33.1 Å². The summed E-state index contributed by atoms with van der Waals surface area (Å²) in [6.07, 6.45) is 1.66. The number of anilines is 1. The predicted octanol–water partition coefficient (Wildman–Crippen LogP) is 6.13. The first-order valence-electron chi connectivity index (χ1n) is 10.9. The van der Waals surface area contributed by atoms with Gasteiger partial charge in [-0.05, 0) is 46.7 Å². The van der Waals surface area contributed by atoms with Crippen LogP contribution in [0.2, 0.25) is 0 Å². The van der Waals surface area contributed by atoms with E-state index in [1.165, 1.54) is 11.1 Å². The van der Waals surface area contributed by atoms with Gasteiger partial charge in [0, 0.05) is 17.8 Å². The van der Waals surface area contributed by atoms with E-state index < -0.39 is 0 Å². The van der Waals surface area contributed by atoms with Crippen molar-refractivity contribution in [3.05, 3.63) is 95.1 Å². The third kappa shape index (κ3) is 5.02. The first-order chi connectivity index (χ1) is 15.3. The lowest BCUT2D eigenvalue weighted by Gasteiger charge is -2.20. The summed E-state index contributed by atoms with van der Waals surface area (Å²) in [5.41, 5.74) is 6.04. The maximum absolute atomic E-state index is 13.0. The number of nitrogens with one attached hydrogen (secondary N) is 1. The summed E-state index contributed by atoms with van der Waals surface area (Å²) in [7, 11) is 0. The minimum atomic E-state index is -0.197. The van der Waals surface area contributed by atoms with E-state index in [9.17, 15) is 4.79 Å². The van der Waals surface area contributed by atoms with Crippen molar-refractivity contribution in [1.29, 1.82) is 0 Å². The van der Waals surface area contributed by atoms with Crippen LogP contribution in [0.15, 0.2) is 72.8 Å². The molecule has 4 rings (SSSR count). The van der Waals surface area contributed by atoms with E-state index in [4.69, 9.17) is 9.47 Å². The number of hydrogen-bond acceptors (Lipinski definition) is 3. The topological polar surface area (TPSA) is 47.6 Å². The molecule has 1 amide bonds. The second-order valence-electron chi connectivity index (χ2n) is 9.10. The van der Waals surface area contributed by atoms with Gasteiger partial charge in [-0.2, -0.15) is 0 Å². The molecule has 4 heteroatoms. The molecule has 0 aromatic heterocycles. The molecule has 3 aromatic carbocycles. The Bertz CT molecular complexity index is 1140. The van der Waals surface area contributed by atoms with Crippen molar-refractivity contribution in [3.8, 4) is 11.5 Å². The molecule has 3 aromatic rings. The molecule has 0 saturated carbocycles. The van der Waals surface area contributed by atoms with Gasteiger partial charge in [-0.3, -0.25) is 4.79 Å². The van der Waals surface area contributed by atoms with E-state index in [1.807, 2.05) is 12.1 Å². The lowest BCUT2D eigenvalue weighted by Crippen LogP contribution is -2.16. The van der Waals surface area contributed by atoms with Crippen LogP contribution in [0.5, 0.6) is 11.5 Å². The average Bonchev–Trinajstić information content (AvgIpc) is 2.78. The average molecular weight is 428 g/mol.